The van der Waals surface area contributed by atoms with Gasteiger partial charge in [0.1, 0.15) is 11.2 Å². The number of thiophene rings is 1. The van der Waals surface area contributed by atoms with Gasteiger partial charge in [0.15, 0.2) is 0 Å². The van der Waals surface area contributed by atoms with Gasteiger partial charge in [0.2, 0.25) is 5.91 Å². The van der Waals surface area contributed by atoms with E-state index in [1.807, 2.05) is 53.3 Å². The number of carbonyl (C=O) groups is 2. The zero-order chi connectivity index (χ0) is 21.6. The molecule has 5 nitrogen and oxygen atoms in total. The Hall–Kier alpha value is -2.31. The number of carbonyl (C=O) groups excluding carboxylic acids is 2. The van der Waals surface area contributed by atoms with E-state index in [1.165, 1.54) is 6.42 Å². The first-order valence-corrected chi connectivity index (χ1v) is 12.2. The molecule has 1 saturated carbocycles. The Labute approximate surface area is 191 Å². The van der Waals surface area contributed by atoms with Crippen LogP contribution in [0.25, 0.3) is 10.2 Å². The molecule has 3 heterocycles. The number of benzene rings is 1. The van der Waals surface area contributed by atoms with Crippen molar-refractivity contribution in [2.24, 2.45) is 0 Å². The van der Waals surface area contributed by atoms with Gasteiger partial charge in [-0.05, 0) is 48.9 Å². The number of amides is 2. The monoisotopic (exact) mass is 455 g/mol. The van der Waals surface area contributed by atoms with Gasteiger partial charge in [-0.1, -0.05) is 49.1 Å². The summed E-state index contributed by atoms with van der Waals surface area (Å²) in [5.41, 5.74) is 1.49. The lowest BCUT2D eigenvalue weighted by Crippen LogP contribution is -2.64. The van der Waals surface area contributed by atoms with Crippen molar-refractivity contribution in [2.75, 3.05) is 0 Å². The van der Waals surface area contributed by atoms with Crippen LogP contribution in [-0.4, -0.2) is 32.9 Å². The van der Waals surface area contributed by atoms with Gasteiger partial charge in [-0.2, -0.15) is 0 Å². The van der Waals surface area contributed by atoms with Crippen molar-refractivity contribution in [2.45, 2.75) is 63.7 Å². The standard InChI is InChI=1S/C24H26ClN3O2S/c1-24(23(30)26-17-8-3-2-4-9-17)15-27-19-11-12-31-21(19)13-20(27)22(29)28(24)14-16-7-5-6-10-18(16)25/h5-7,10-13,17H,2-4,8-9,14-15H2,1H3,(H,26,30)/t24-/m1/s1. The van der Waals surface area contributed by atoms with Crippen LogP contribution in [0.4, 0.5) is 0 Å². The number of nitrogens with one attached hydrogen (secondary N) is 1. The summed E-state index contributed by atoms with van der Waals surface area (Å²) in [6.07, 6.45) is 5.51. The topological polar surface area (TPSA) is 54.3 Å². The molecular formula is C24H26ClN3O2S. The largest absolute Gasteiger partial charge is 0.351 e. The average molecular weight is 456 g/mol. The second kappa shape index (κ2) is 7.99. The fourth-order valence-corrected chi connectivity index (χ4v) is 5.92. The first-order chi connectivity index (χ1) is 15.0. The van der Waals surface area contributed by atoms with Gasteiger partial charge in [-0.25, -0.2) is 0 Å². The lowest BCUT2D eigenvalue weighted by atomic mass is 9.91. The Kier molecular flexibility index (Phi) is 5.30. The van der Waals surface area contributed by atoms with E-state index in [1.54, 1.807) is 16.2 Å². The van der Waals surface area contributed by atoms with Crippen LogP contribution in [0.15, 0.2) is 41.8 Å². The summed E-state index contributed by atoms with van der Waals surface area (Å²) < 4.78 is 3.08. The maximum absolute atomic E-state index is 13.7. The van der Waals surface area contributed by atoms with E-state index in [0.717, 1.165) is 41.5 Å². The highest BCUT2D eigenvalue weighted by Gasteiger charge is 2.48. The molecule has 1 fully saturated rings. The van der Waals surface area contributed by atoms with Crippen molar-refractivity contribution in [1.82, 2.24) is 14.8 Å². The summed E-state index contributed by atoms with van der Waals surface area (Å²) >= 11 is 8.04. The lowest BCUT2D eigenvalue weighted by Gasteiger charge is -2.45. The van der Waals surface area contributed by atoms with Gasteiger partial charge >= 0.3 is 0 Å². The van der Waals surface area contributed by atoms with E-state index in [-0.39, 0.29) is 17.9 Å². The summed E-state index contributed by atoms with van der Waals surface area (Å²) in [4.78, 5) is 29.1. The number of aromatic nitrogens is 1. The Morgan fingerprint density at radius 1 is 1.23 bits per heavy atom. The molecule has 0 radical (unpaired) electrons. The first kappa shape index (κ1) is 20.6. The van der Waals surface area contributed by atoms with Crippen LogP contribution in [0.3, 0.4) is 0 Å². The molecular weight excluding hydrogens is 430 g/mol. The summed E-state index contributed by atoms with van der Waals surface area (Å²) in [5.74, 6) is -0.210. The van der Waals surface area contributed by atoms with Gasteiger partial charge in [-0.15, -0.1) is 11.3 Å². The van der Waals surface area contributed by atoms with Crippen LogP contribution in [0.5, 0.6) is 0 Å². The van der Waals surface area contributed by atoms with Crippen molar-refractivity contribution < 1.29 is 9.59 Å². The Morgan fingerprint density at radius 3 is 2.77 bits per heavy atom. The maximum Gasteiger partial charge on any atom is 0.271 e. The van der Waals surface area contributed by atoms with Crippen LogP contribution >= 0.6 is 22.9 Å². The number of rotatable bonds is 4. The molecule has 0 bridgehead atoms. The van der Waals surface area contributed by atoms with E-state index in [0.29, 0.717) is 23.8 Å². The fourth-order valence-electron chi connectivity index (χ4n) is 4.91. The van der Waals surface area contributed by atoms with Gasteiger partial charge in [0.05, 0.1) is 16.8 Å². The summed E-state index contributed by atoms with van der Waals surface area (Å²) in [5, 5.41) is 5.90. The second-order valence-electron chi connectivity index (χ2n) is 8.85. The highest BCUT2D eigenvalue weighted by molar-refractivity contribution is 7.17. The molecule has 0 unspecified atom stereocenters. The van der Waals surface area contributed by atoms with Crippen molar-refractivity contribution in [3.8, 4) is 0 Å². The smallest absolute Gasteiger partial charge is 0.271 e. The van der Waals surface area contributed by atoms with E-state index in [9.17, 15) is 9.59 Å². The quantitative estimate of drug-likeness (QED) is 0.586. The third kappa shape index (κ3) is 3.56. The second-order valence-corrected chi connectivity index (χ2v) is 10.2. The third-order valence-corrected chi connectivity index (χ3v) is 7.99. The van der Waals surface area contributed by atoms with E-state index < -0.39 is 5.54 Å². The number of hydrogen-bond donors (Lipinski definition) is 1. The predicted octanol–water partition coefficient (Wildman–Crippen LogP) is 5.22. The summed E-state index contributed by atoms with van der Waals surface area (Å²) in [7, 11) is 0. The molecule has 1 aliphatic carbocycles. The zero-order valence-electron chi connectivity index (χ0n) is 17.6. The summed E-state index contributed by atoms with van der Waals surface area (Å²) in [6, 6.07) is 11.7. The number of fused-ring (bicyclic) bond motifs is 3. The van der Waals surface area contributed by atoms with Crippen LogP contribution in [-0.2, 0) is 17.9 Å². The molecule has 162 valence electrons. The Balaban J connectivity index is 1.54. The first-order valence-electron chi connectivity index (χ1n) is 10.9. The minimum atomic E-state index is -1.01. The van der Waals surface area contributed by atoms with E-state index in [4.69, 9.17) is 11.6 Å². The summed E-state index contributed by atoms with van der Waals surface area (Å²) in [6.45, 7) is 2.62. The lowest BCUT2D eigenvalue weighted by molar-refractivity contribution is -0.134. The van der Waals surface area contributed by atoms with Crippen LogP contribution < -0.4 is 5.32 Å². The third-order valence-electron chi connectivity index (χ3n) is 6.76. The Bertz CT molecular complexity index is 1150. The molecule has 2 aliphatic rings. The number of nitrogens with zero attached hydrogens (tertiary/aromatic N) is 2. The van der Waals surface area contributed by atoms with E-state index >= 15 is 0 Å². The Morgan fingerprint density at radius 2 is 2.00 bits per heavy atom. The zero-order valence-corrected chi connectivity index (χ0v) is 19.1. The molecule has 1 aromatic carbocycles. The van der Waals surface area contributed by atoms with Gasteiger partial charge in [0.25, 0.3) is 5.91 Å². The normalized spacial score (nSPS) is 22.0. The number of halogens is 1. The van der Waals surface area contributed by atoms with Crippen LogP contribution in [0.2, 0.25) is 5.02 Å². The number of hydrogen-bond acceptors (Lipinski definition) is 3. The van der Waals surface area contributed by atoms with Crippen molar-refractivity contribution in [3.63, 3.8) is 0 Å². The van der Waals surface area contributed by atoms with Crippen LogP contribution in [0, 0.1) is 0 Å². The highest BCUT2D eigenvalue weighted by Crippen LogP contribution is 2.36. The fraction of sp³-hybridized carbons (Fsp3) is 0.417. The molecule has 0 saturated heterocycles. The van der Waals surface area contributed by atoms with E-state index in [2.05, 4.69) is 5.32 Å². The van der Waals surface area contributed by atoms with Crippen molar-refractivity contribution in [3.05, 3.63) is 58.1 Å². The predicted molar refractivity (Wildman–Crippen MR) is 125 cm³/mol. The van der Waals surface area contributed by atoms with Crippen molar-refractivity contribution >= 4 is 45.0 Å². The molecule has 3 aromatic rings. The molecule has 2 amide bonds. The highest BCUT2D eigenvalue weighted by atomic mass is 35.5. The molecule has 31 heavy (non-hydrogen) atoms. The SMILES string of the molecule is C[C@]1(C(=O)NC2CCCCC2)Cn2c(cc3sccc32)C(=O)N1Cc1ccccc1Cl. The van der Waals surface area contributed by atoms with Crippen molar-refractivity contribution in [1.29, 1.82) is 0 Å². The average Bonchev–Trinajstić information content (AvgIpc) is 3.35. The molecule has 1 atom stereocenters. The molecule has 5 rings (SSSR count). The minimum Gasteiger partial charge on any atom is -0.351 e. The molecule has 0 spiro atoms. The molecule has 1 aliphatic heterocycles. The van der Waals surface area contributed by atoms with Gasteiger partial charge in [0, 0.05) is 17.6 Å². The molecule has 7 heteroatoms. The van der Waals surface area contributed by atoms with Crippen LogP contribution in [0.1, 0.15) is 55.1 Å². The van der Waals surface area contributed by atoms with Gasteiger partial charge < -0.3 is 14.8 Å². The molecule has 2 aromatic heterocycles. The van der Waals surface area contributed by atoms with Gasteiger partial charge in [-0.3, -0.25) is 9.59 Å². The minimum absolute atomic E-state index is 0.0810. The molecule has 1 N–H and O–H groups in total. The maximum atomic E-state index is 13.7.